The molecule has 3 heteroatoms. The Morgan fingerprint density at radius 3 is 2.53 bits per heavy atom. The molecule has 0 bridgehead atoms. The van der Waals surface area contributed by atoms with E-state index < -0.39 is 0 Å². The summed E-state index contributed by atoms with van der Waals surface area (Å²) in [6, 6.07) is 0. The summed E-state index contributed by atoms with van der Waals surface area (Å²) in [5.41, 5.74) is 3.62. The molecule has 0 fully saturated rings. The summed E-state index contributed by atoms with van der Waals surface area (Å²) in [6.07, 6.45) is 5.90. The summed E-state index contributed by atoms with van der Waals surface area (Å²) in [6.45, 7) is 7.44. The van der Waals surface area contributed by atoms with E-state index in [2.05, 4.69) is 41.5 Å². The van der Waals surface area contributed by atoms with E-state index in [1.54, 1.807) is 6.33 Å². The van der Waals surface area contributed by atoms with Crippen LogP contribution >= 0.6 is 0 Å². The van der Waals surface area contributed by atoms with Gasteiger partial charge in [-0.15, -0.1) is 0 Å². The van der Waals surface area contributed by atoms with Gasteiger partial charge in [-0.05, 0) is 25.3 Å². The Labute approximate surface area is 90.2 Å². The second kappa shape index (κ2) is 4.01. The van der Waals surface area contributed by atoms with Crippen LogP contribution in [0.2, 0.25) is 0 Å². The van der Waals surface area contributed by atoms with Crippen LogP contribution in [-0.2, 0) is 19.4 Å². The Bertz CT molecular complexity index is 471. The summed E-state index contributed by atoms with van der Waals surface area (Å²) in [5.74, 6) is 0. The fourth-order valence-corrected chi connectivity index (χ4v) is 2.05. The maximum absolute atomic E-state index is 4.38. The fourth-order valence-electron chi connectivity index (χ4n) is 2.05. The van der Waals surface area contributed by atoms with Crippen molar-refractivity contribution in [3.63, 3.8) is 0 Å². The lowest BCUT2D eigenvalue weighted by molar-refractivity contribution is 0.781. The normalized spacial score (nSPS) is 11.1. The first-order chi connectivity index (χ1) is 7.31. The third kappa shape index (κ3) is 1.52. The first-order valence-corrected chi connectivity index (χ1v) is 5.63. The first kappa shape index (κ1) is 10.1. The van der Waals surface area contributed by atoms with Crippen molar-refractivity contribution in [1.82, 2.24) is 14.5 Å². The number of aromatic nitrogens is 3. The molecule has 0 aliphatic carbocycles. The van der Waals surface area contributed by atoms with Gasteiger partial charge in [-0.1, -0.05) is 13.8 Å². The van der Waals surface area contributed by atoms with Crippen LogP contribution in [0, 0.1) is 0 Å². The molecule has 0 saturated heterocycles. The van der Waals surface area contributed by atoms with Crippen molar-refractivity contribution in [2.45, 2.75) is 40.2 Å². The van der Waals surface area contributed by atoms with Crippen LogP contribution in [0.25, 0.3) is 11.0 Å². The SMILES string of the molecule is CCc1cn(CC)c2ncnc(CC)c12. The number of hydrogen-bond acceptors (Lipinski definition) is 2. The number of aryl methyl sites for hydroxylation is 3. The van der Waals surface area contributed by atoms with Crippen LogP contribution in [0.5, 0.6) is 0 Å². The highest BCUT2D eigenvalue weighted by Crippen LogP contribution is 2.22. The van der Waals surface area contributed by atoms with E-state index in [1.807, 2.05) is 0 Å². The molecule has 80 valence electrons. The molecule has 0 unspecified atom stereocenters. The van der Waals surface area contributed by atoms with Gasteiger partial charge in [-0.25, -0.2) is 9.97 Å². The predicted molar refractivity (Wildman–Crippen MR) is 62.0 cm³/mol. The van der Waals surface area contributed by atoms with Crippen LogP contribution in [0.4, 0.5) is 0 Å². The van der Waals surface area contributed by atoms with E-state index in [-0.39, 0.29) is 0 Å². The molecule has 0 aliphatic heterocycles. The standard InChI is InChI=1S/C12H17N3/c1-4-9-7-15(6-3)12-11(9)10(5-2)13-8-14-12/h7-8H,4-6H2,1-3H3. The lowest BCUT2D eigenvalue weighted by Crippen LogP contribution is -1.96. The van der Waals surface area contributed by atoms with Gasteiger partial charge in [0, 0.05) is 18.1 Å². The van der Waals surface area contributed by atoms with Crippen molar-refractivity contribution < 1.29 is 0 Å². The zero-order chi connectivity index (χ0) is 10.8. The van der Waals surface area contributed by atoms with Gasteiger partial charge >= 0.3 is 0 Å². The predicted octanol–water partition coefficient (Wildman–Crippen LogP) is 2.58. The average molecular weight is 203 g/mol. The number of fused-ring (bicyclic) bond motifs is 1. The molecule has 2 aromatic heterocycles. The molecule has 15 heavy (non-hydrogen) atoms. The van der Waals surface area contributed by atoms with Gasteiger partial charge in [0.2, 0.25) is 0 Å². The van der Waals surface area contributed by atoms with Crippen LogP contribution in [0.1, 0.15) is 32.0 Å². The molecule has 2 heterocycles. The van der Waals surface area contributed by atoms with E-state index in [4.69, 9.17) is 0 Å². The van der Waals surface area contributed by atoms with Crippen molar-refractivity contribution in [1.29, 1.82) is 0 Å². The van der Waals surface area contributed by atoms with Crippen molar-refractivity contribution in [3.05, 3.63) is 23.8 Å². The summed E-state index contributed by atoms with van der Waals surface area (Å²) >= 11 is 0. The highest BCUT2D eigenvalue weighted by Gasteiger charge is 2.11. The van der Waals surface area contributed by atoms with Crippen LogP contribution in [-0.4, -0.2) is 14.5 Å². The summed E-state index contributed by atoms with van der Waals surface area (Å²) < 4.78 is 2.20. The summed E-state index contributed by atoms with van der Waals surface area (Å²) in [4.78, 5) is 8.74. The van der Waals surface area contributed by atoms with Crippen LogP contribution in [0.3, 0.4) is 0 Å². The van der Waals surface area contributed by atoms with Gasteiger partial charge in [0.15, 0.2) is 0 Å². The van der Waals surface area contributed by atoms with Crippen molar-refractivity contribution in [2.75, 3.05) is 0 Å². The van der Waals surface area contributed by atoms with Gasteiger partial charge in [0.05, 0.1) is 5.69 Å². The van der Waals surface area contributed by atoms with Crippen LogP contribution < -0.4 is 0 Å². The molecule has 2 aromatic rings. The molecule has 2 rings (SSSR count). The van der Waals surface area contributed by atoms with Gasteiger partial charge in [0.25, 0.3) is 0 Å². The summed E-state index contributed by atoms with van der Waals surface area (Å²) in [5, 5.41) is 1.27. The first-order valence-electron chi connectivity index (χ1n) is 5.63. The molecule has 0 atom stereocenters. The molecule has 0 amide bonds. The Hall–Kier alpha value is -1.38. The van der Waals surface area contributed by atoms with E-state index in [0.29, 0.717) is 0 Å². The van der Waals surface area contributed by atoms with E-state index in [9.17, 15) is 0 Å². The maximum atomic E-state index is 4.38. The number of hydrogen-bond donors (Lipinski definition) is 0. The monoisotopic (exact) mass is 203 g/mol. The zero-order valence-electron chi connectivity index (χ0n) is 9.62. The average Bonchev–Trinajstić information content (AvgIpc) is 2.66. The number of nitrogens with zero attached hydrogens (tertiary/aromatic N) is 3. The zero-order valence-corrected chi connectivity index (χ0v) is 9.62. The maximum Gasteiger partial charge on any atom is 0.143 e. The second-order valence-corrected chi connectivity index (χ2v) is 3.67. The Morgan fingerprint density at radius 1 is 1.13 bits per heavy atom. The fraction of sp³-hybridized carbons (Fsp3) is 0.500. The quantitative estimate of drug-likeness (QED) is 0.767. The molecule has 0 aliphatic rings. The largest absolute Gasteiger partial charge is 0.332 e. The highest BCUT2D eigenvalue weighted by atomic mass is 15.0. The van der Waals surface area contributed by atoms with Crippen molar-refractivity contribution in [2.24, 2.45) is 0 Å². The third-order valence-electron chi connectivity index (χ3n) is 2.87. The van der Waals surface area contributed by atoms with Gasteiger partial charge in [-0.3, -0.25) is 0 Å². The van der Waals surface area contributed by atoms with E-state index in [1.165, 1.54) is 16.6 Å². The molecular weight excluding hydrogens is 186 g/mol. The number of rotatable bonds is 3. The van der Waals surface area contributed by atoms with Crippen LogP contribution in [0.15, 0.2) is 12.5 Å². The lowest BCUT2D eigenvalue weighted by Gasteiger charge is -2.01. The van der Waals surface area contributed by atoms with Crippen molar-refractivity contribution >= 4 is 11.0 Å². The Balaban J connectivity index is 2.78. The molecule has 0 spiro atoms. The van der Waals surface area contributed by atoms with Gasteiger partial charge in [0.1, 0.15) is 12.0 Å². The minimum atomic E-state index is 0.969. The molecule has 0 saturated carbocycles. The molecular formula is C12H17N3. The smallest absolute Gasteiger partial charge is 0.143 e. The van der Waals surface area contributed by atoms with Gasteiger partial charge in [-0.2, -0.15) is 0 Å². The lowest BCUT2D eigenvalue weighted by atomic mass is 10.1. The minimum Gasteiger partial charge on any atom is -0.332 e. The highest BCUT2D eigenvalue weighted by molar-refractivity contribution is 5.82. The Morgan fingerprint density at radius 2 is 1.93 bits per heavy atom. The Kier molecular flexibility index (Phi) is 2.71. The molecule has 0 aromatic carbocycles. The molecule has 0 N–H and O–H groups in total. The minimum absolute atomic E-state index is 0.969. The molecule has 3 nitrogen and oxygen atoms in total. The molecule has 0 radical (unpaired) electrons. The van der Waals surface area contributed by atoms with Gasteiger partial charge < -0.3 is 4.57 Å². The third-order valence-corrected chi connectivity index (χ3v) is 2.87. The second-order valence-electron chi connectivity index (χ2n) is 3.67. The topological polar surface area (TPSA) is 30.7 Å². The van der Waals surface area contributed by atoms with E-state index in [0.717, 1.165) is 25.0 Å². The summed E-state index contributed by atoms with van der Waals surface area (Å²) in [7, 11) is 0. The van der Waals surface area contributed by atoms with E-state index >= 15 is 0 Å². The van der Waals surface area contributed by atoms with Crippen molar-refractivity contribution in [3.8, 4) is 0 Å².